The van der Waals surface area contributed by atoms with Gasteiger partial charge in [0.1, 0.15) is 18.2 Å². The first kappa shape index (κ1) is 18.6. The van der Waals surface area contributed by atoms with E-state index < -0.39 is 0 Å². The van der Waals surface area contributed by atoms with E-state index in [0.717, 1.165) is 27.4 Å². The highest BCUT2D eigenvalue weighted by Crippen LogP contribution is 2.27. The summed E-state index contributed by atoms with van der Waals surface area (Å²) in [5, 5.41) is 12.1. The van der Waals surface area contributed by atoms with Gasteiger partial charge in [0.25, 0.3) is 0 Å². The first-order chi connectivity index (χ1) is 11.1. The summed E-state index contributed by atoms with van der Waals surface area (Å²) >= 11 is 0. The van der Waals surface area contributed by atoms with E-state index in [1.807, 2.05) is 29.0 Å². The standard InChI is InChI=1S/C19H21FNO2.BrH/c1-13(2)12-23-16-4-5-17-14(9-16)11-21(7-8-22)19-6-3-15(20)10-18(17)19;/h3-6,9-11,13,22H,7-8,12H2,1-2H3;1H/q+1;/p-1. The van der Waals surface area contributed by atoms with E-state index >= 15 is 0 Å². The number of aliphatic hydroxyl groups excluding tert-OH is 1. The Balaban J connectivity index is 0.00000208. The second-order valence-electron chi connectivity index (χ2n) is 6.16. The molecule has 0 unspecified atom stereocenters. The van der Waals surface area contributed by atoms with Crippen LogP contribution >= 0.6 is 0 Å². The van der Waals surface area contributed by atoms with Crippen molar-refractivity contribution in [2.24, 2.45) is 5.92 Å². The summed E-state index contributed by atoms with van der Waals surface area (Å²) in [4.78, 5) is 0. The van der Waals surface area contributed by atoms with E-state index in [-0.39, 0.29) is 29.4 Å². The number of rotatable bonds is 5. The fourth-order valence-electron chi connectivity index (χ4n) is 2.75. The Morgan fingerprint density at radius 1 is 1.12 bits per heavy atom. The Hall–Kier alpha value is -1.72. The van der Waals surface area contributed by atoms with Crippen LogP contribution in [-0.2, 0) is 6.54 Å². The molecule has 0 bridgehead atoms. The summed E-state index contributed by atoms with van der Waals surface area (Å²) in [5.41, 5.74) is 0.906. The van der Waals surface area contributed by atoms with Crippen molar-refractivity contribution in [2.45, 2.75) is 20.4 Å². The van der Waals surface area contributed by atoms with Gasteiger partial charge in [-0.2, -0.15) is 4.57 Å². The van der Waals surface area contributed by atoms with Crippen LogP contribution in [0.4, 0.5) is 4.39 Å². The number of pyridine rings is 1. The minimum atomic E-state index is -0.263. The van der Waals surface area contributed by atoms with Gasteiger partial charge < -0.3 is 26.8 Å². The molecule has 1 N–H and O–H groups in total. The second-order valence-corrected chi connectivity index (χ2v) is 6.16. The summed E-state index contributed by atoms with van der Waals surface area (Å²) in [6, 6.07) is 10.6. The Kier molecular flexibility index (Phi) is 6.13. The van der Waals surface area contributed by atoms with Gasteiger partial charge in [0.15, 0.2) is 12.7 Å². The van der Waals surface area contributed by atoms with Gasteiger partial charge in [0, 0.05) is 11.5 Å². The predicted molar refractivity (Wildman–Crippen MR) is 89.0 cm³/mol. The first-order valence-corrected chi connectivity index (χ1v) is 7.87. The quantitative estimate of drug-likeness (QED) is 0.504. The van der Waals surface area contributed by atoms with Crippen molar-refractivity contribution in [3.63, 3.8) is 0 Å². The van der Waals surface area contributed by atoms with Crippen LogP contribution in [0.2, 0.25) is 0 Å². The molecule has 1 heterocycles. The topological polar surface area (TPSA) is 33.3 Å². The average Bonchev–Trinajstić information content (AvgIpc) is 2.52. The molecule has 0 fully saturated rings. The molecular formula is C19H21BrFNO2. The molecule has 0 atom stereocenters. The molecule has 0 radical (unpaired) electrons. The minimum absolute atomic E-state index is 0. The zero-order valence-corrected chi connectivity index (χ0v) is 15.4. The lowest BCUT2D eigenvalue weighted by Crippen LogP contribution is -3.00. The van der Waals surface area contributed by atoms with Crippen LogP contribution in [0.15, 0.2) is 42.6 Å². The third-order valence-electron chi connectivity index (χ3n) is 3.80. The molecule has 0 spiro atoms. The van der Waals surface area contributed by atoms with Crippen molar-refractivity contribution in [1.29, 1.82) is 0 Å². The van der Waals surface area contributed by atoms with Crippen molar-refractivity contribution in [3.8, 4) is 5.75 Å². The van der Waals surface area contributed by atoms with Gasteiger partial charge in [-0.25, -0.2) is 4.39 Å². The van der Waals surface area contributed by atoms with Crippen LogP contribution in [-0.4, -0.2) is 18.3 Å². The van der Waals surface area contributed by atoms with Crippen molar-refractivity contribution >= 4 is 21.7 Å². The second kappa shape index (κ2) is 7.90. The van der Waals surface area contributed by atoms with Crippen molar-refractivity contribution in [2.75, 3.05) is 13.2 Å². The molecule has 5 heteroatoms. The Bertz CT molecular complexity index is 852. The van der Waals surface area contributed by atoms with Crippen LogP contribution in [0.1, 0.15) is 13.8 Å². The average molecular weight is 394 g/mol. The van der Waals surface area contributed by atoms with Gasteiger partial charge in [-0.3, -0.25) is 0 Å². The normalized spacial score (nSPS) is 11.0. The first-order valence-electron chi connectivity index (χ1n) is 7.87. The van der Waals surface area contributed by atoms with Crippen LogP contribution in [0.25, 0.3) is 21.7 Å². The van der Waals surface area contributed by atoms with Crippen LogP contribution in [0.5, 0.6) is 5.75 Å². The number of fused-ring (bicyclic) bond motifs is 3. The lowest BCUT2D eigenvalue weighted by molar-refractivity contribution is -0.671. The number of aromatic nitrogens is 1. The van der Waals surface area contributed by atoms with E-state index in [1.165, 1.54) is 6.07 Å². The molecule has 3 rings (SSSR count). The highest BCUT2D eigenvalue weighted by Gasteiger charge is 2.14. The molecule has 1 aromatic heterocycles. The third kappa shape index (κ3) is 3.84. The fraction of sp³-hybridized carbons (Fsp3) is 0.316. The van der Waals surface area contributed by atoms with Gasteiger partial charge in [0.2, 0.25) is 5.52 Å². The van der Waals surface area contributed by atoms with E-state index in [9.17, 15) is 9.50 Å². The third-order valence-corrected chi connectivity index (χ3v) is 3.80. The van der Waals surface area contributed by atoms with E-state index in [0.29, 0.717) is 19.1 Å². The van der Waals surface area contributed by atoms with Crippen molar-refractivity contribution in [1.82, 2.24) is 0 Å². The van der Waals surface area contributed by atoms with Gasteiger partial charge in [-0.1, -0.05) is 13.8 Å². The van der Waals surface area contributed by atoms with E-state index in [1.54, 1.807) is 12.1 Å². The molecule has 0 amide bonds. The van der Waals surface area contributed by atoms with Crippen LogP contribution < -0.4 is 26.3 Å². The number of hydrogen-bond acceptors (Lipinski definition) is 2. The number of aliphatic hydroxyl groups is 1. The predicted octanol–water partition coefficient (Wildman–Crippen LogP) is 0.451. The van der Waals surface area contributed by atoms with E-state index in [2.05, 4.69) is 13.8 Å². The maximum absolute atomic E-state index is 13.7. The van der Waals surface area contributed by atoms with Gasteiger partial charge >= 0.3 is 0 Å². The van der Waals surface area contributed by atoms with Crippen molar-refractivity contribution < 1.29 is 35.8 Å². The number of ether oxygens (including phenoxy) is 1. The number of halogens is 2. The molecule has 0 aliphatic rings. The number of hydrogen-bond donors (Lipinski definition) is 1. The Morgan fingerprint density at radius 3 is 2.62 bits per heavy atom. The summed E-state index contributed by atoms with van der Waals surface area (Å²) in [7, 11) is 0. The lowest BCUT2D eigenvalue weighted by atomic mass is 10.1. The number of nitrogens with zero attached hydrogens (tertiary/aromatic N) is 1. The maximum atomic E-state index is 13.7. The lowest BCUT2D eigenvalue weighted by Gasteiger charge is -2.10. The zero-order valence-electron chi connectivity index (χ0n) is 13.8. The molecule has 3 aromatic rings. The van der Waals surface area contributed by atoms with Gasteiger partial charge in [0.05, 0.1) is 17.4 Å². The molecule has 3 nitrogen and oxygen atoms in total. The SMILES string of the molecule is CC(C)COc1ccc2c(c1)c[n+](CCO)c1ccc(F)cc21.[Br-]. The molecule has 0 aliphatic carbocycles. The zero-order chi connectivity index (χ0) is 16.4. The summed E-state index contributed by atoms with van der Waals surface area (Å²) < 4.78 is 21.4. The molecule has 0 saturated carbocycles. The van der Waals surface area contributed by atoms with Gasteiger partial charge in [-0.05, 0) is 36.2 Å². The van der Waals surface area contributed by atoms with E-state index in [4.69, 9.17) is 4.74 Å². The fourth-order valence-corrected chi connectivity index (χ4v) is 2.75. The smallest absolute Gasteiger partial charge is 0.213 e. The molecule has 0 saturated heterocycles. The molecule has 2 aromatic carbocycles. The summed E-state index contributed by atoms with van der Waals surface area (Å²) in [6.45, 7) is 5.37. The number of benzene rings is 2. The van der Waals surface area contributed by atoms with Crippen LogP contribution in [0, 0.1) is 11.7 Å². The van der Waals surface area contributed by atoms with Gasteiger partial charge in [-0.15, -0.1) is 0 Å². The Morgan fingerprint density at radius 2 is 1.92 bits per heavy atom. The molecular weight excluding hydrogens is 373 g/mol. The summed E-state index contributed by atoms with van der Waals surface area (Å²) in [5.74, 6) is 0.994. The molecule has 0 aliphatic heterocycles. The van der Waals surface area contributed by atoms with Crippen molar-refractivity contribution in [3.05, 3.63) is 48.4 Å². The Labute approximate surface area is 151 Å². The largest absolute Gasteiger partial charge is 1.00 e. The molecule has 24 heavy (non-hydrogen) atoms. The maximum Gasteiger partial charge on any atom is 0.213 e. The minimum Gasteiger partial charge on any atom is -1.00 e. The molecule has 128 valence electrons. The highest BCUT2D eigenvalue weighted by atomic mass is 79.9. The highest BCUT2D eigenvalue weighted by molar-refractivity contribution is 6.04. The monoisotopic (exact) mass is 393 g/mol. The summed E-state index contributed by atoms with van der Waals surface area (Å²) in [6.07, 6.45) is 1.98. The van der Waals surface area contributed by atoms with Crippen LogP contribution in [0.3, 0.4) is 0 Å².